The van der Waals surface area contributed by atoms with Crippen LogP contribution in [0.4, 0.5) is 0 Å². The molecule has 11 aromatic rings. The Kier molecular flexibility index (Phi) is 5.76. The molecule has 0 aliphatic carbocycles. The average Bonchev–Trinajstić information content (AvgIpc) is 3.94. The molecule has 3 heterocycles. The van der Waals surface area contributed by atoms with Gasteiger partial charge in [-0.3, -0.25) is 0 Å². The van der Waals surface area contributed by atoms with Crippen molar-refractivity contribution in [3.05, 3.63) is 221 Å². The quantitative estimate of drug-likeness (QED) is 0.152. The van der Waals surface area contributed by atoms with E-state index in [9.17, 15) is 0 Å². The van der Waals surface area contributed by atoms with Gasteiger partial charge in [-0.15, -0.1) is 0 Å². The van der Waals surface area contributed by atoms with Gasteiger partial charge in [-0.2, -0.15) is 0 Å². The van der Waals surface area contributed by atoms with Gasteiger partial charge in [0.15, 0.2) is 0 Å². The normalized spacial score (nSPS) is 15.6. The number of hydrogen-bond donors (Lipinski definition) is 0. The van der Waals surface area contributed by atoms with Gasteiger partial charge in [0.05, 0.1) is 5.48 Å². The van der Waals surface area contributed by atoms with E-state index in [2.05, 4.69) is 19.4 Å². The van der Waals surface area contributed by atoms with E-state index < -0.39 is 79.4 Å². The molecule has 0 aliphatic heterocycles. The van der Waals surface area contributed by atoms with E-state index in [0.717, 1.165) is 0 Å². The molecule has 5 nitrogen and oxygen atoms in total. The summed E-state index contributed by atoms with van der Waals surface area (Å²) in [4.78, 5) is 4.72. The van der Waals surface area contributed by atoms with E-state index in [4.69, 9.17) is 33.0 Å². The zero-order chi connectivity index (χ0) is 55.5. The van der Waals surface area contributed by atoms with Crippen molar-refractivity contribution < 1.29 is 47.4 Å². The van der Waals surface area contributed by atoms with Gasteiger partial charge in [0.1, 0.15) is 0 Å². The van der Waals surface area contributed by atoms with Crippen molar-refractivity contribution in [2.45, 2.75) is 6.85 Å². The van der Waals surface area contributed by atoms with Crippen LogP contribution in [0.2, 0.25) is 0 Å². The Labute approximate surface area is 388 Å². The summed E-state index contributed by atoms with van der Waals surface area (Å²) in [6.45, 7) is -2.61. The molecule has 0 saturated heterocycles. The second kappa shape index (κ2) is 15.4. The molecule has 0 bridgehead atoms. The Balaban J connectivity index is 1.10. The van der Waals surface area contributed by atoms with Gasteiger partial charge in [-0.1, -0.05) is 42.4 Å². The second-order valence-corrected chi connectivity index (χ2v) is 14.9. The van der Waals surface area contributed by atoms with Crippen molar-refractivity contribution in [1.82, 2.24) is 18.7 Å². The van der Waals surface area contributed by atoms with Crippen molar-refractivity contribution in [1.29, 1.82) is 0 Å². The first-order valence-corrected chi connectivity index (χ1v) is 20.1. The number of fused-ring (bicyclic) bond motifs is 4. The molecule has 0 fully saturated rings. The Bertz CT molecular complexity index is 4290. The number of imidazole rings is 1. The van der Waals surface area contributed by atoms with Crippen molar-refractivity contribution in [2.75, 3.05) is 0 Å². The molecule has 0 spiro atoms. The summed E-state index contributed by atoms with van der Waals surface area (Å²) in [6, 6.07) is 27.1. The molecule has 8 aromatic carbocycles. The SMILES string of the molecule is [2H]c1c([2H])c([2H])c(-c2cccc(-c3c([2H])c([2H])c([2H])c([2H])c3[2H])c2-n2[c](=[Pt])n(-c3cccc(Oc4ccc5c6c([2H])c([2H])c([2H])c([2H])c6n(-c6cc(C([2H])([2H])[2H])c(-c7ccccc7)cn6)c5c4)c3)c3ccccc32)c([2H])c1[2H]. The molecule has 0 aliphatic rings. The first-order valence-electron chi connectivity index (χ1n) is 27.5. The first kappa shape index (κ1) is 22.9. The third-order valence-corrected chi connectivity index (χ3v) is 11.4. The summed E-state index contributed by atoms with van der Waals surface area (Å²) in [5.74, 6) is 0.692. The number of para-hydroxylation sites is 4. The number of pyridine rings is 1. The molecular weight excluding hydrogens is 928 g/mol. The molecule has 0 N–H and O–H groups in total. The topological polar surface area (TPSA) is 36.9 Å². The fourth-order valence-electron chi connectivity index (χ4n) is 7.76. The maximum atomic E-state index is 9.11. The Morgan fingerprint density at radius 2 is 1.16 bits per heavy atom. The summed E-state index contributed by atoms with van der Waals surface area (Å²) < 4.78 is 161. The van der Waals surface area contributed by atoms with E-state index in [0.29, 0.717) is 48.3 Å². The number of benzene rings is 8. The minimum absolute atomic E-state index is 0.0184. The number of ether oxygens (including phenoxy) is 1. The predicted octanol–water partition coefficient (Wildman–Crippen LogP) is 14.1. The van der Waals surface area contributed by atoms with Gasteiger partial charge in [0.2, 0.25) is 0 Å². The molecule has 0 saturated carbocycles. The van der Waals surface area contributed by atoms with Crippen molar-refractivity contribution in [3.63, 3.8) is 0 Å². The molecule has 0 amide bonds. The number of aryl methyl sites for hydroxylation is 1. The van der Waals surface area contributed by atoms with Crippen molar-refractivity contribution in [3.8, 4) is 62.1 Å². The van der Waals surface area contributed by atoms with Crippen LogP contribution in [0.3, 0.4) is 0 Å². The van der Waals surface area contributed by atoms with Gasteiger partial charge in [0, 0.05) is 15.9 Å². The predicted molar refractivity (Wildman–Crippen MR) is 246 cm³/mol. The second-order valence-electron chi connectivity index (χ2n) is 13.9. The van der Waals surface area contributed by atoms with Crippen LogP contribution in [0.15, 0.2) is 212 Å². The van der Waals surface area contributed by atoms with Gasteiger partial charge < -0.3 is 0 Å². The molecule has 0 radical (unpaired) electrons. The Morgan fingerprint density at radius 3 is 1.90 bits per heavy atom. The van der Waals surface area contributed by atoms with E-state index in [1.165, 1.54) is 16.8 Å². The molecule has 0 unspecified atom stereocenters. The zero-order valence-electron chi connectivity index (χ0n) is 48.6. The molecule has 11 rings (SSSR count). The fourth-order valence-corrected chi connectivity index (χ4v) is 8.86. The molecule has 61 heavy (non-hydrogen) atoms. The van der Waals surface area contributed by atoms with Gasteiger partial charge >= 0.3 is 308 Å². The van der Waals surface area contributed by atoms with E-state index in [1.807, 2.05) is 28.8 Å². The molecule has 294 valence electrons. The third kappa shape index (κ3) is 6.46. The van der Waals surface area contributed by atoms with E-state index >= 15 is 0 Å². The van der Waals surface area contributed by atoms with Crippen LogP contribution in [0.1, 0.15) is 28.9 Å². The summed E-state index contributed by atoms with van der Waals surface area (Å²) in [6.07, 6.45) is 1.45. The summed E-state index contributed by atoms with van der Waals surface area (Å²) in [5, 5.41) is 0.617. The van der Waals surface area contributed by atoms with Crippen LogP contribution < -0.4 is 4.74 Å². The van der Waals surface area contributed by atoms with Crippen LogP contribution in [0, 0.1) is 10.7 Å². The van der Waals surface area contributed by atoms with Gasteiger partial charge in [0.25, 0.3) is 0 Å². The van der Waals surface area contributed by atoms with Crippen molar-refractivity contribution >= 4 is 32.8 Å². The molecule has 0 atom stereocenters. The van der Waals surface area contributed by atoms with Crippen LogP contribution in [0.5, 0.6) is 11.5 Å². The maximum absolute atomic E-state index is 9.11. The standard InChI is InChI=1S/C55H38N4O.Pt/c1-38-33-54(56-36-49(38)41-21-9-4-10-22-41)59-50-28-12-11-25-47(50)48-32-31-44(35-53(48)59)60-43-24-15-23-42(34-43)57-37-58(52-30-14-13-29-51(52)57)55-45(39-17-5-2-6-18-39)26-16-27-46(55)40-19-7-3-8-20-40;/h2-36H,1H3;/i1D3,2D,3D,5D,6D,7D,8D,11D,12D,17D,18D,19D,20D,25D,28D;. The summed E-state index contributed by atoms with van der Waals surface area (Å²) in [5.41, 5.74) is 3.16. The van der Waals surface area contributed by atoms with Gasteiger partial charge in [-0.25, -0.2) is 0 Å². The van der Waals surface area contributed by atoms with Crippen LogP contribution in [-0.2, 0) is 19.4 Å². The molecule has 3 aromatic heterocycles. The van der Waals surface area contributed by atoms with E-state index in [-0.39, 0.29) is 68.1 Å². The van der Waals surface area contributed by atoms with E-state index in [1.54, 1.807) is 95.6 Å². The Hall–Kier alpha value is -7.33. The number of aromatic nitrogens is 4. The van der Waals surface area contributed by atoms with Crippen LogP contribution in [0.25, 0.3) is 83.4 Å². The minimum atomic E-state index is -2.61. The first-order chi connectivity index (χ1) is 37.1. The monoisotopic (exact) mass is 982 g/mol. The molecular formula is C55H38N4OPt. The Morgan fingerprint density at radius 1 is 0.508 bits per heavy atom. The zero-order valence-corrected chi connectivity index (χ0v) is 33.9. The van der Waals surface area contributed by atoms with Crippen LogP contribution >= 0.6 is 0 Å². The molecule has 6 heteroatoms. The van der Waals surface area contributed by atoms with Crippen molar-refractivity contribution in [2.24, 2.45) is 0 Å². The van der Waals surface area contributed by atoms with Crippen LogP contribution in [-0.4, -0.2) is 18.7 Å². The summed E-state index contributed by atoms with van der Waals surface area (Å²) in [7, 11) is 0. The number of hydrogen-bond acceptors (Lipinski definition) is 2. The average molecular weight is 983 g/mol. The number of rotatable bonds is 8. The third-order valence-electron chi connectivity index (χ3n) is 10.4. The summed E-state index contributed by atoms with van der Waals surface area (Å²) >= 11 is 2.09. The van der Waals surface area contributed by atoms with Gasteiger partial charge in [-0.05, 0) is 18.0 Å². The number of nitrogens with zero attached hydrogens (tertiary/aromatic N) is 4. The fraction of sp³-hybridized carbons (Fsp3) is 0.0182.